The number of aromatic nitrogens is 6. The van der Waals surface area contributed by atoms with Crippen LogP contribution in [0.15, 0.2) is 158 Å². The van der Waals surface area contributed by atoms with E-state index in [1.807, 2.05) is 36.4 Å². The minimum absolute atomic E-state index is 0.637. The number of hydrogen-bond acceptors (Lipinski definition) is 6. The molecule has 8 aromatic rings. The predicted octanol–water partition coefficient (Wildman–Crippen LogP) is 10.3. The Morgan fingerprint density at radius 2 is 0.640 bits per heavy atom. The lowest BCUT2D eigenvalue weighted by atomic mass is 9.98. The molecule has 6 heteroatoms. The van der Waals surface area contributed by atoms with Crippen LogP contribution in [0.3, 0.4) is 0 Å². The highest BCUT2D eigenvalue weighted by atomic mass is 15.0. The first-order valence-electron chi connectivity index (χ1n) is 16.5. The number of aryl methyl sites for hydroxylation is 2. The fraction of sp³-hybridized carbons (Fsp3) is 0.0455. The Labute approximate surface area is 291 Å². The van der Waals surface area contributed by atoms with Gasteiger partial charge in [0.25, 0.3) is 0 Å². The van der Waals surface area contributed by atoms with Crippen molar-refractivity contribution in [3.63, 3.8) is 0 Å². The maximum atomic E-state index is 4.92. The van der Waals surface area contributed by atoms with E-state index in [4.69, 9.17) is 19.9 Å². The van der Waals surface area contributed by atoms with E-state index in [0.29, 0.717) is 17.5 Å². The highest BCUT2D eigenvalue weighted by Gasteiger charge is 2.14. The Balaban J connectivity index is 1.11. The quantitative estimate of drug-likeness (QED) is 0.172. The van der Waals surface area contributed by atoms with E-state index in [2.05, 4.69) is 133 Å². The van der Waals surface area contributed by atoms with Gasteiger partial charge in [-0.1, -0.05) is 120 Å². The standard InChI is InChI=1S/C44H32N6/c1-29-9-13-34(14-10-29)42-48-43(35-15-11-30(2)12-16-35)50-44(49-42)36-23-21-32(22-24-36)31-17-19-33(20-18-31)37-27-40(38-7-3-5-25-45-38)47-41(28-37)39-8-4-6-26-46-39/h3-28H,1-2H3. The summed E-state index contributed by atoms with van der Waals surface area (Å²) in [7, 11) is 0. The Bertz CT molecular complexity index is 2270. The van der Waals surface area contributed by atoms with Crippen LogP contribution in [0, 0.1) is 13.8 Å². The molecular weight excluding hydrogens is 613 g/mol. The van der Waals surface area contributed by atoms with Crippen molar-refractivity contribution in [2.24, 2.45) is 0 Å². The van der Waals surface area contributed by atoms with Crippen LogP contribution < -0.4 is 0 Å². The zero-order valence-electron chi connectivity index (χ0n) is 27.7. The third-order valence-electron chi connectivity index (χ3n) is 8.63. The summed E-state index contributed by atoms with van der Waals surface area (Å²) in [6.07, 6.45) is 3.58. The number of hydrogen-bond donors (Lipinski definition) is 0. The van der Waals surface area contributed by atoms with Gasteiger partial charge < -0.3 is 0 Å². The molecule has 0 aliphatic carbocycles. The van der Waals surface area contributed by atoms with Gasteiger partial charge in [-0.15, -0.1) is 0 Å². The van der Waals surface area contributed by atoms with Crippen LogP contribution in [0.25, 0.3) is 79.2 Å². The molecule has 0 aliphatic rings. The van der Waals surface area contributed by atoms with Gasteiger partial charge in [-0.05, 0) is 72.5 Å². The SMILES string of the molecule is Cc1ccc(-c2nc(-c3ccc(C)cc3)nc(-c3ccc(-c4ccc(-c5cc(-c6ccccn6)nc(-c6ccccn6)c5)cc4)cc3)n2)cc1. The van der Waals surface area contributed by atoms with E-state index < -0.39 is 0 Å². The topological polar surface area (TPSA) is 77.3 Å². The second-order valence-corrected chi connectivity index (χ2v) is 12.2. The number of rotatable bonds is 7. The molecule has 0 bridgehead atoms. The van der Waals surface area contributed by atoms with Crippen molar-refractivity contribution in [1.82, 2.24) is 29.9 Å². The number of pyridine rings is 3. The van der Waals surface area contributed by atoms with Crippen LogP contribution in [0.2, 0.25) is 0 Å². The molecule has 4 aromatic carbocycles. The predicted molar refractivity (Wildman–Crippen MR) is 201 cm³/mol. The molecule has 0 atom stereocenters. The molecule has 238 valence electrons. The zero-order valence-corrected chi connectivity index (χ0v) is 27.7. The summed E-state index contributed by atoms with van der Waals surface area (Å²) in [6, 6.07) is 49.5. The average molecular weight is 645 g/mol. The van der Waals surface area contributed by atoms with Gasteiger partial charge in [0.15, 0.2) is 17.5 Å². The molecule has 0 saturated heterocycles. The average Bonchev–Trinajstić information content (AvgIpc) is 3.19. The van der Waals surface area contributed by atoms with Crippen molar-refractivity contribution in [2.75, 3.05) is 0 Å². The van der Waals surface area contributed by atoms with E-state index in [1.54, 1.807) is 12.4 Å². The lowest BCUT2D eigenvalue weighted by molar-refractivity contribution is 1.07. The summed E-state index contributed by atoms with van der Waals surface area (Å²) < 4.78 is 0. The second kappa shape index (κ2) is 13.5. The summed E-state index contributed by atoms with van der Waals surface area (Å²) >= 11 is 0. The van der Waals surface area contributed by atoms with Crippen molar-refractivity contribution in [3.8, 4) is 79.2 Å². The Morgan fingerprint density at radius 3 is 1.00 bits per heavy atom. The minimum Gasteiger partial charge on any atom is -0.255 e. The molecule has 50 heavy (non-hydrogen) atoms. The fourth-order valence-corrected chi connectivity index (χ4v) is 5.82. The Kier molecular flexibility index (Phi) is 8.25. The van der Waals surface area contributed by atoms with Crippen molar-refractivity contribution >= 4 is 0 Å². The second-order valence-electron chi connectivity index (χ2n) is 12.2. The van der Waals surface area contributed by atoms with E-state index in [9.17, 15) is 0 Å². The van der Waals surface area contributed by atoms with Crippen LogP contribution in [0.1, 0.15) is 11.1 Å². The third-order valence-corrected chi connectivity index (χ3v) is 8.63. The van der Waals surface area contributed by atoms with Crippen LogP contribution >= 0.6 is 0 Å². The smallest absolute Gasteiger partial charge is 0.164 e. The van der Waals surface area contributed by atoms with Crippen molar-refractivity contribution in [1.29, 1.82) is 0 Å². The molecule has 0 spiro atoms. The third kappa shape index (κ3) is 6.55. The van der Waals surface area contributed by atoms with E-state index in [0.717, 1.165) is 61.7 Å². The maximum Gasteiger partial charge on any atom is 0.164 e. The molecule has 0 unspecified atom stereocenters. The van der Waals surface area contributed by atoms with Gasteiger partial charge in [0.1, 0.15) is 0 Å². The first-order valence-corrected chi connectivity index (χ1v) is 16.5. The molecule has 0 N–H and O–H groups in total. The van der Waals surface area contributed by atoms with Crippen LogP contribution in [-0.2, 0) is 0 Å². The van der Waals surface area contributed by atoms with E-state index in [-0.39, 0.29) is 0 Å². The van der Waals surface area contributed by atoms with Gasteiger partial charge in [-0.2, -0.15) is 0 Å². The molecule has 4 heterocycles. The van der Waals surface area contributed by atoms with Gasteiger partial charge in [0.05, 0.1) is 22.8 Å². The van der Waals surface area contributed by atoms with E-state index in [1.165, 1.54) is 11.1 Å². The fourth-order valence-electron chi connectivity index (χ4n) is 5.82. The summed E-state index contributed by atoms with van der Waals surface area (Å²) in [5.41, 5.74) is 12.8. The molecule has 6 nitrogen and oxygen atoms in total. The lowest BCUT2D eigenvalue weighted by Crippen LogP contribution is -2.00. The highest BCUT2D eigenvalue weighted by Crippen LogP contribution is 2.32. The van der Waals surface area contributed by atoms with Crippen molar-refractivity contribution in [2.45, 2.75) is 13.8 Å². The molecule has 0 amide bonds. The van der Waals surface area contributed by atoms with Crippen molar-refractivity contribution in [3.05, 3.63) is 169 Å². The van der Waals surface area contributed by atoms with Gasteiger partial charge >= 0.3 is 0 Å². The summed E-state index contributed by atoms with van der Waals surface area (Å²) in [6.45, 7) is 4.15. The molecule has 4 aromatic heterocycles. The Hall–Kier alpha value is -6.66. The highest BCUT2D eigenvalue weighted by molar-refractivity contribution is 5.77. The molecule has 8 rings (SSSR count). The van der Waals surface area contributed by atoms with Gasteiger partial charge in [0.2, 0.25) is 0 Å². The Morgan fingerprint density at radius 1 is 0.300 bits per heavy atom. The summed E-state index contributed by atoms with van der Waals surface area (Å²) in [5, 5.41) is 0. The van der Waals surface area contributed by atoms with Gasteiger partial charge in [0, 0.05) is 29.1 Å². The minimum atomic E-state index is 0.637. The van der Waals surface area contributed by atoms with E-state index >= 15 is 0 Å². The number of nitrogens with zero attached hydrogens (tertiary/aromatic N) is 6. The molecule has 0 aliphatic heterocycles. The summed E-state index contributed by atoms with van der Waals surface area (Å²) in [5.74, 6) is 1.94. The summed E-state index contributed by atoms with van der Waals surface area (Å²) in [4.78, 5) is 28.7. The largest absolute Gasteiger partial charge is 0.255 e. The first kappa shape index (κ1) is 30.7. The van der Waals surface area contributed by atoms with Crippen LogP contribution in [-0.4, -0.2) is 29.9 Å². The number of benzene rings is 4. The lowest BCUT2D eigenvalue weighted by Gasteiger charge is -2.11. The molecule has 0 fully saturated rings. The van der Waals surface area contributed by atoms with Crippen LogP contribution in [0.5, 0.6) is 0 Å². The molecule has 0 saturated carbocycles. The first-order chi connectivity index (χ1) is 24.6. The monoisotopic (exact) mass is 644 g/mol. The van der Waals surface area contributed by atoms with Gasteiger partial charge in [-0.3, -0.25) is 9.97 Å². The molecule has 0 radical (unpaired) electrons. The normalized spacial score (nSPS) is 11.0. The zero-order chi connectivity index (χ0) is 33.9. The maximum absolute atomic E-state index is 4.92. The van der Waals surface area contributed by atoms with Crippen LogP contribution in [0.4, 0.5) is 0 Å². The van der Waals surface area contributed by atoms with Crippen molar-refractivity contribution < 1.29 is 0 Å². The van der Waals surface area contributed by atoms with Gasteiger partial charge in [-0.25, -0.2) is 19.9 Å². The molecular formula is C44H32N6.